The van der Waals surface area contributed by atoms with Gasteiger partial charge in [-0.05, 0) is 48.3 Å². The second-order valence-electron chi connectivity index (χ2n) is 5.86. The van der Waals surface area contributed by atoms with Gasteiger partial charge in [0.05, 0.1) is 5.41 Å². The molecule has 2 heteroatoms. The van der Waals surface area contributed by atoms with Crippen LogP contribution >= 0.6 is 11.6 Å². The maximum absolute atomic E-state index is 12.6. The fraction of sp³-hybridized carbons (Fsp3) is 0.438. The van der Waals surface area contributed by atoms with E-state index in [9.17, 15) is 4.79 Å². The Morgan fingerprint density at radius 3 is 2.83 bits per heavy atom. The summed E-state index contributed by atoms with van der Waals surface area (Å²) in [7, 11) is 0. The third-order valence-electron chi connectivity index (χ3n) is 5.05. The fourth-order valence-electron chi connectivity index (χ4n) is 4.35. The van der Waals surface area contributed by atoms with E-state index < -0.39 is 0 Å². The Kier molecular flexibility index (Phi) is 2.09. The van der Waals surface area contributed by atoms with Crippen LogP contribution in [-0.2, 0) is 16.6 Å². The summed E-state index contributed by atoms with van der Waals surface area (Å²) >= 11 is 6.44. The number of halogens is 1. The van der Waals surface area contributed by atoms with Crippen molar-refractivity contribution < 1.29 is 4.79 Å². The minimum atomic E-state index is -0.286. The van der Waals surface area contributed by atoms with Crippen LogP contribution < -0.4 is 0 Å². The van der Waals surface area contributed by atoms with Crippen molar-refractivity contribution in [2.45, 2.75) is 31.1 Å². The zero-order valence-corrected chi connectivity index (χ0v) is 10.9. The Bertz CT molecular complexity index is 574. The van der Waals surface area contributed by atoms with Crippen LogP contribution in [0.4, 0.5) is 0 Å². The van der Waals surface area contributed by atoms with Crippen LogP contribution in [0, 0.1) is 11.8 Å². The van der Waals surface area contributed by atoms with Gasteiger partial charge in [-0.15, -0.1) is 0 Å². The standard InChI is InChI=1S/C16H15ClO/c17-13-3-1-2-11-5-7-14(18)16(15(11)13)9-10-4-6-12(16)8-10/h1-4,6,10,12H,5,7-9H2. The van der Waals surface area contributed by atoms with E-state index in [1.807, 2.05) is 12.1 Å². The Hall–Kier alpha value is -1.08. The number of aryl methyl sites for hydroxylation is 1. The van der Waals surface area contributed by atoms with Gasteiger partial charge in [-0.25, -0.2) is 0 Å². The van der Waals surface area contributed by atoms with E-state index in [-0.39, 0.29) is 5.41 Å². The molecular weight excluding hydrogens is 244 g/mol. The second kappa shape index (κ2) is 3.48. The van der Waals surface area contributed by atoms with Crippen LogP contribution in [-0.4, -0.2) is 5.78 Å². The van der Waals surface area contributed by atoms with Crippen molar-refractivity contribution in [3.63, 3.8) is 0 Å². The number of hydrogen-bond acceptors (Lipinski definition) is 1. The number of fused-ring (bicyclic) bond motifs is 5. The minimum Gasteiger partial charge on any atom is -0.299 e. The van der Waals surface area contributed by atoms with E-state index in [1.54, 1.807) is 0 Å². The van der Waals surface area contributed by atoms with E-state index >= 15 is 0 Å². The highest BCUT2D eigenvalue weighted by Crippen LogP contribution is 2.57. The summed E-state index contributed by atoms with van der Waals surface area (Å²) in [5.74, 6) is 1.38. The van der Waals surface area contributed by atoms with Gasteiger partial charge >= 0.3 is 0 Å². The molecular formula is C16H15ClO. The molecule has 1 spiro atoms. The van der Waals surface area contributed by atoms with Crippen molar-refractivity contribution in [3.8, 4) is 0 Å². The predicted octanol–water partition coefficient (Wildman–Crippen LogP) is 3.69. The molecule has 0 aromatic heterocycles. The molecule has 3 atom stereocenters. The highest BCUT2D eigenvalue weighted by molar-refractivity contribution is 6.32. The van der Waals surface area contributed by atoms with Crippen molar-refractivity contribution >= 4 is 17.4 Å². The molecule has 0 heterocycles. The lowest BCUT2D eigenvalue weighted by molar-refractivity contribution is -0.126. The molecule has 2 bridgehead atoms. The van der Waals surface area contributed by atoms with Crippen LogP contribution in [0.3, 0.4) is 0 Å². The van der Waals surface area contributed by atoms with Gasteiger partial charge in [0.25, 0.3) is 0 Å². The Morgan fingerprint density at radius 1 is 1.22 bits per heavy atom. The smallest absolute Gasteiger partial charge is 0.144 e. The summed E-state index contributed by atoms with van der Waals surface area (Å²) in [6, 6.07) is 6.09. The number of carbonyl (C=O) groups excluding carboxylic acids is 1. The first-order chi connectivity index (χ1) is 8.72. The van der Waals surface area contributed by atoms with Crippen molar-refractivity contribution in [2.75, 3.05) is 0 Å². The molecule has 1 fully saturated rings. The molecule has 1 saturated carbocycles. The highest BCUT2D eigenvalue weighted by atomic mass is 35.5. The summed E-state index contributed by atoms with van der Waals surface area (Å²) in [5, 5.41) is 0.793. The van der Waals surface area contributed by atoms with Crippen LogP contribution in [0.15, 0.2) is 30.4 Å². The molecule has 3 aliphatic rings. The summed E-state index contributed by atoms with van der Waals surface area (Å²) < 4.78 is 0. The van der Waals surface area contributed by atoms with Gasteiger partial charge in [0.2, 0.25) is 0 Å². The van der Waals surface area contributed by atoms with E-state index in [2.05, 4.69) is 18.2 Å². The molecule has 1 nitrogen and oxygen atoms in total. The third-order valence-corrected chi connectivity index (χ3v) is 5.37. The maximum atomic E-state index is 12.6. The molecule has 1 aromatic carbocycles. The number of rotatable bonds is 0. The molecule has 3 aliphatic carbocycles. The molecule has 92 valence electrons. The topological polar surface area (TPSA) is 17.1 Å². The van der Waals surface area contributed by atoms with Gasteiger partial charge in [-0.2, -0.15) is 0 Å². The third kappa shape index (κ3) is 1.16. The molecule has 0 amide bonds. The van der Waals surface area contributed by atoms with E-state index in [4.69, 9.17) is 11.6 Å². The molecule has 0 radical (unpaired) electrons. The van der Waals surface area contributed by atoms with Gasteiger partial charge in [0.15, 0.2) is 0 Å². The molecule has 3 unspecified atom stereocenters. The molecule has 0 N–H and O–H groups in total. The highest BCUT2D eigenvalue weighted by Gasteiger charge is 2.56. The lowest BCUT2D eigenvalue weighted by Gasteiger charge is -2.40. The molecule has 18 heavy (non-hydrogen) atoms. The first-order valence-electron chi connectivity index (χ1n) is 6.71. The number of Topliss-reactive ketones (excluding diaryl/α,β-unsaturated/α-hetero) is 1. The maximum Gasteiger partial charge on any atom is 0.144 e. The van der Waals surface area contributed by atoms with Crippen molar-refractivity contribution in [1.82, 2.24) is 0 Å². The van der Waals surface area contributed by atoms with Crippen molar-refractivity contribution in [1.29, 1.82) is 0 Å². The fourth-order valence-corrected chi connectivity index (χ4v) is 4.71. The summed E-state index contributed by atoms with van der Waals surface area (Å²) in [5.41, 5.74) is 2.16. The van der Waals surface area contributed by atoms with Crippen molar-refractivity contribution in [3.05, 3.63) is 46.5 Å². The molecule has 1 aromatic rings. The van der Waals surface area contributed by atoms with Gasteiger partial charge in [0.1, 0.15) is 5.78 Å². The average molecular weight is 259 g/mol. The summed E-state index contributed by atoms with van der Waals surface area (Å²) in [4.78, 5) is 12.6. The SMILES string of the molecule is O=C1CCc2cccc(Cl)c2C12CC1C=CC2C1. The van der Waals surface area contributed by atoms with Crippen molar-refractivity contribution in [2.24, 2.45) is 11.8 Å². The lowest BCUT2D eigenvalue weighted by atomic mass is 9.62. The quantitative estimate of drug-likeness (QED) is 0.649. The Morgan fingerprint density at radius 2 is 2.11 bits per heavy atom. The predicted molar refractivity (Wildman–Crippen MR) is 71.8 cm³/mol. The summed E-state index contributed by atoms with van der Waals surface area (Å²) in [6.45, 7) is 0. The number of allylic oxidation sites excluding steroid dienone is 2. The van der Waals surface area contributed by atoms with Gasteiger partial charge in [-0.3, -0.25) is 4.79 Å². The largest absolute Gasteiger partial charge is 0.299 e. The zero-order chi connectivity index (χ0) is 12.3. The van der Waals surface area contributed by atoms with E-state index in [0.717, 1.165) is 29.8 Å². The number of benzene rings is 1. The summed E-state index contributed by atoms with van der Waals surface area (Å²) in [6.07, 6.45) is 8.20. The number of hydrogen-bond donors (Lipinski definition) is 0. The van der Waals surface area contributed by atoms with E-state index in [1.165, 1.54) is 5.56 Å². The monoisotopic (exact) mass is 258 g/mol. The Labute approximate surface area is 112 Å². The Balaban J connectivity index is 1.99. The first kappa shape index (κ1) is 10.8. The normalized spacial score (nSPS) is 36.4. The van der Waals surface area contributed by atoms with Gasteiger partial charge in [0, 0.05) is 11.4 Å². The number of carbonyl (C=O) groups is 1. The molecule has 0 aliphatic heterocycles. The second-order valence-corrected chi connectivity index (χ2v) is 6.27. The molecule has 4 rings (SSSR count). The molecule has 0 saturated heterocycles. The minimum absolute atomic E-state index is 0.286. The van der Waals surface area contributed by atoms with Crippen LogP contribution in [0.5, 0.6) is 0 Å². The van der Waals surface area contributed by atoms with Crippen LogP contribution in [0.2, 0.25) is 5.02 Å². The van der Waals surface area contributed by atoms with E-state index in [0.29, 0.717) is 24.0 Å². The van der Waals surface area contributed by atoms with Gasteiger partial charge < -0.3 is 0 Å². The zero-order valence-electron chi connectivity index (χ0n) is 10.2. The van der Waals surface area contributed by atoms with Crippen LogP contribution in [0.1, 0.15) is 30.4 Å². The van der Waals surface area contributed by atoms with Gasteiger partial charge in [-0.1, -0.05) is 35.9 Å². The number of ketones is 1. The van der Waals surface area contributed by atoms with Crippen LogP contribution in [0.25, 0.3) is 0 Å². The average Bonchev–Trinajstić information content (AvgIpc) is 2.95. The first-order valence-corrected chi connectivity index (χ1v) is 7.09. The lowest BCUT2D eigenvalue weighted by Crippen LogP contribution is -2.43.